The maximum Gasteiger partial charge on any atom is 0.158 e. The lowest BCUT2D eigenvalue weighted by molar-refractivity contribution is -0.257. The molecule has 2 heteroatoms. The van der Waals surface area contributed by atoms with Gasteiger partial charge in [0.2, 0.25) is 0 Å². The Morgan fingerprint density at radius 2 is 1.83 bits per heavy atom. The third kappa shape index (κ3) is 6.74. The molecule has 1 aliphatic rings. The minimum Gasteiger partial charge on any atom is -0.349 e. The first kappa shape index (κ1) is 21.0. The van der Waals surface area contributed by atoms with Crippen LogP contribution in [0, 0.1) is 11.3 Å². The molecule has 23 heavy (non-hydrogen) atoms. The van der Waals surface area contributed by atoms with Gasteiger partial charge in [-0.1, -0.05) is 60.8 Å². The Bertz CT molecular complexity index is 326. The van der Waals surface area contributed by atoms with E-state index in [0.717, 1.165) is 19.3 Å². The maximum atomic E-state index is 6.48. The number of hydrogen-bond acceptors (Lipinski definition) is 2. The molecule has 0 aliphatic carbocycles. The van der Waals surface area contributed by atoms with E-state index in [1.165, 1.54) is 38.5 Å². The fraction of sp³-hybridized carbons (Fsp3) is 1.00. The highest BCUT2D eigenvalue weighted by Crippen LogP contribution is 2.37. The summed E-state index contributed by atoms with van der Waals surface area (Å²) in [4.78, 5) is 0. The van der Waals surface area contributed by atoms with E-state index in [2.05, 4.69) is 48.5 Å². The van der Waals surface area contributed by atoms with Crippen molar-refractivity contribution < 1.29 is 9.47 Å². The third-order valence-corrected chi connectivity index (χ3v) is 6.06. The van der Waals surface area contributed by atoms with Gasteiger partial charge in [-0.25, -0.2) is 0 Å². The van der Waals surface area contributed by atoms with Gasteiger partial charge in [0.25, 0.3) is 0 Å². The summed E-state index contributed by atoms with van der Waals surface area (Å²) >= 11 is 0. The average molecular weight is 327 g/mol. The molecule has 138 valence electrons. The van der Waals surface area contributed by atoms with Gasteiger partial charge in [-0.05, 0) is 56.8 Å². The molecule has 0 bridgehead atoms. The van der Waals surface area contributed by atoms with E-state index in [0.29, 0.717) is 17.4 Å². The summed E-state index contributed by atoms with van der Waals surface area (Å²) in [7, 11) is 0. The molecule has 1 rings (SSSR count). The summed E-state index contributed by atoms with van der Waals surface area (Å²) in [5, 5.41) is 0. The van der Waals surface area contributed by atoms with Gasteiger partial charge in [-0.15, -0.1) is 0 Å². The van der Waals surface area contributed by atoms with Crippen molar-refractivity contribution in [3.63, 3.8) is 0 Å². The van der Waals surface area contributed by atoms with Crippen LogP contribution >= 0.6 is 0 Å². The van der Waals surface area contributed by atoms with Crippen LogP contribution in [0.5, 0.6) is 0 Å². The van der Waals surface area contributed by atoms with Crippen LogP contribution < -0.4 is 0 Å². The number of rotatable bonds is 10. The van der Waals surface area contributed by atoms with E-state index < -0.39 is 0 Å². The molecule has 1 saturated heterocycles. The molecule has 0 spiro atoms. The van der Waals surface area contributed by atoms with Crippen molar-refractivity contribution in [2.45, 2.75) is 124 Å². The van der Waals surface area contributed by atoms with Crippen molar-refractivity contribution in [2.24, 2.45) is 11.3 Å². The van der Waals surface area contributed by atoms with E-state index in [-0.39, 0.29) is 11.9 Å². The zero-order chi connectivity index (χ0) is 17.5. The lowest BCUT2D eigenvalue weighted by Crippen LogP contribution is -2.43. The Kier molecular flexibility index (Phi) is 8.58. The maximum absolute atomic E-state index is 6.48. The summed E-state index contributed by atoms with van der Waals surface area (Å²) in [5.74, 6) is 0.567. The molecule has 0 saturated carbocycles. The number of ether oxygens (including phenoxy) is 2. The van der Waals surface area contributed by atoms with Gasteiger partial charge in [0.1, 0.15) is 0 Å². The van der Waals surface area contributed by atoms with Crippen LogP contribution in [-0.4, -0.2) is 18.0 Å². The minimum atomic E-state index is -0.0565. The van der Waals surface area contributed by atoms with Crippen molar-refractivity contribution in [1.29, 1.82) is 0 Å². The Balaban J connectivity index is 2.57. The number of unbranched alkanes of at least 4 members (excludes halogenated alkanes) is 1. The Labute approximate surface area is 145 Å². The predicted octanol–water partition coefficient (Wildman–Crippen LogP) is 6.72. The van der Waals surface area contributed by atoms with Crippen molar-refractivity contribution in [2.75, 3.05) is 0 Å². The fourth-order valence-electron chi connectivity index (χ4n) is 3.75. The van der Waals surface area contributed by atoms with Gasteiger partial charge in [0.05, 0.1) is 11.7 Å². The van der Waals surface area contributed by atoms with Crippen LogP contribution in [-0.2, 0) is 9.47 Å². The molecule has 0 radical (unpaired) electrons. The van der Waals surface area contributed by atoms with Gasteiger partial charge in [-0.2, -0.15) is 0 Å². The molecule has 0 aromatic heterocycles. The zero-order valence-corrected chi connectivity index (χ0v) is 16.9. The smallest absolute Gasteiger partial charge is 0.158 e. The van der Waals surface area contributed by atoms with Crippen LogP contribution in [0.1, 0.15) is 106 Å². The first-order valence-corrected chi connectivity index (χ1v) is 10.1. The highest BCUT2D eigenvalue weighted by molar-refractivity contribution is 4.82. The van der Waals surface area contributed by atoms with Crippen molar-refractivity contribution >= 4 is 0 Å². The number of hydrogen-bond donors (Lipinski definition) is 0. The summed E-state index contributed by atoms with van der Waals surface area (Å²) in [5.41, 5.74) is 0.326. The van der Waals surface area contributed by atoms with Crippen LogP contribution in [0.2, 0.25) is 0 Å². The molecule has 4 atom stereocenters. The SMILES string of the molecule is CCCCC(C)(C)CC1CCCC(OC(C)(CC)C(C)CC)O1. The normalized spacial score (nSPS) is 26.7. The second-order valence-electron chi connectivity index (χ2n) is 8.68. The van der Waals surface area contributed by atoms with Crippen molar-refractivity contribution in [3.8, 4) is 0 Å². The van der Waals surface area contributed by atoms with Crippen LogP contribution in [0.15, 0.2) is 0 Å². The summed E-state index contributed by atoms with van der Waals surface area (Å²) in [6.45, 7) is 16.1. The molecule has 0 amide bonds. The summed E-state index contributed by atoms with van der Waals surface area (Å²) < 4.78 is 12.9. The van der Waals surface area contributed by atoms with Crippen LogP contribution in [0.3, 0.4) is 0 Å². The monoisotopic (exact) mass is 326 g/mol. The minimum absolute atomic E-state index is 0.00493. The molecule has 1 aliphatic heterocycles. The third-order valence-electron chi connectivity index (χ3n) is 6.06. The van der Waals surface area contributed by atoms with Crippen molar-refractivity contribution in [3.05, 3.63) is 0 Å². The first-order chi connectivity index (χ1) is 10.8. The van der Waals surface area contributed by atoms with Gasteiger partial charge < -0.3 is 9.47 Å². The fourth-order valence-corrected chi connectivity index (χ4v) is 3.75. The van der Waals surface area contributed by atoms with E-state index in [9.17, 15) is 0 Å². The van der Waals surface area contributed by atoms with E-state index >= 15 is 0 Å². The highest BCUT2D eigenvalue weighted by Gasteiger charge is 2.35. The van der Waals surface area contributed by atoms with Gasteiger partial charge in [0, 0.05) is 0 Å². The summed E-state index contributed by atoms with van der Waals surface area (Å²) in [6, 6.07) is 0. The van der Waals surface area contributed by atoms with Crippen LogP contribution in [0.25, 0.3) is 0 Å². The Hall–Kier alpha value is -0.0800. The largest absolute Gasteiger partial charge is 0.349 e. The lowest BCUT2D eigenvalue weighted by Gasteiger charge is -2.41. The molecule has 0 N–H and O–H groups in total. The van der Waals surface area contributed by atoms with Gasteiger partial charge in [-0.3, -0.25) is 0 Å². The molecular weight excluding hydrogens is 284 g/mol. The molecule has 4 unspecified atom stereocenters. The van der Waals surface area contributed by atoms with E-state index in [4.69, 9.17) is 9.47 Å². The highest BCUT2D eigenvalue weighted by atomic mass is 16.7. The second-order valence-corrected chi connectivity index (χ2v) is 8.68. The van der Waals surface area contributed by atoms with E-state index in [1.54, 1.807) is 0 Å². The molecule has 1 heterocycles. The van der Waals surface area contributed by atoms with Gasteiger partial charge >= 0.3 is 0 Å². The molecular formula is C21H42O2. The predicted molar refractivity (Wildman–Crippen MR) is 99.7 cm³/mol. The summed E-state index contributed by atoms with van der Waals surface area (Å²) in [6.07, 6.45) is 11.1. The molecule has 0 aromatic rings. The Morgan fingerprint density at radius 3 is 2.39 bits per heavy atom. The van der Waals surface area contributed by atoms with E-state index in [1.807, 2.05) is 0 Å². The topological polar surface area (TPSA) is 18.5 Å². The second kappa shape index (κ2) is 9.42. The first-order valence-electron chi connectivity index (χ1n) is 10.1. The van der Waals surface area contributed by atoms with Crippen molar-refractivity contribution in [1.82, 2.24) is 0 Å². The molecule has 0 aromatic carbocycles. The standard InChI is InChI=1S/C21H42O2/c1-8-11-15-20(5,6)16-18-13-12-14-19(22-18)23-21(7,10-3)17(4)9-2/h17-19H,8-16H2,1-7H3. The lowest BCUT2D eigenvalue weighted by atomic mass is 9.80. The molecule has 2 nitrogen and oxygen atoms in total. The molecule has 1 fully saturated rings. The Morgan fingerprint density at radius 1 is 1.13 bits per heavy atom. The zero-order valence-electron chi connectivity index (χ0n) is 16.9. The van der Waals surface area contributed by atoms with Crippen LogP contribution in [0.4, 0.5) is 0 Å². The van der Waals surface area contributed by atoms with Gasteiger partial charge in [0.15, 0.2) is 6.29 Å². The average Bonchev–Trinajstić information content (AvgIpc) is 2.51. The quantitative estimate of drug-likeness (QED) is 0.443.